The Balaban J connectivity index is 1.84. The number of benzene rings is 1. The molecule has 0 aliphatic carbocycles. The van der Waals surface area contributed by atoms with Gasteiger partial charge in [-0.3, -0.25) is 9.69 Å². The van der Waals surface area contributed by atoms with Crippen molar-refractivity contribution < 1.29 is 14.6 Å². The van der Waals surface area contributed by atoms with E-state index in [1.54, 1.807) is 6.92 Å². The molecular weight excluding hydrogens is 242 g/mol. The lowest BCUT2D eigenvalue weighted by Crippen LogP contribution is -2.50. The van der Waals surface area contributed by atoms with Crippen LogP contribution in [0.25, 0.3) is 0 Å². The molecule has 2 rings (SSSR count). The second kappa shape index (κ2) is 6.06. The highest BCUT2D eigenvalue weighted by Crippen LogP contribution is 2.26. The molecule has 19 heavy (non-hydrogen) atoms. The first kappa shape index (κ1) is 13.9. The van der Waals surface area contributed by atoms with Gasteiger partial charge in [0.1, 0.15) is 5.75 Å². The van der Waals surface area contributed by atoms with Gasteiger partial charge in [-0.25, -0.2) is 0 Å². The summed E-state index contributed by atoms with van der Waals surface area (Å²) in [5, 5.41) is 8.95. The van der Waals surface area contributed by atoms with Crippen molar-refractivity contribution in [3.8, 4) is 5.75 Å². The molecule has 0 saturated carbocycles. The molecule has 0 bridgehead atoms. The van der Waals surface area contributed by atoms with Gasteiger partial charge in [0, 0.05) is 19.6 Å². The van der Waals surface area contributed by atoms with Crippen molar-refractivity contribution in [2.75, 3.05) is 19.7 Å². The molecule has 4 heteroatoms. The van der Waals surface area contributed by atoms with Crippen molar-refractivity contribution >= 4 is 5.97 Å². The Morgan fingerprint density at radius 2 is 2.26 bits per heavy atom. The molecule has 1 aliphatic heterocycles. The number of rotatable bonds is 6. The Labute approximate surface area is 114 Å². The van der Waals surface area contributed by atoms with Crippen molar-refractivity contribution in [2.45, 2.75) is 20.4 Å². The Hall–Kier alpha value is -1.55. The first-order valence-electron chi connectivity index (χ1n) is 6.77. The zero-order chi connectivity index (χ0) is 13.8. The van der Waals surface area contributed by atoms with Crippen molar-refractivity contribution in [3.05, 3.63) is 29.8 Å². The second-order valence-corrected chi connectivity index (χ2v) is 5.16. The summed E-state index contributed by atoms with van der Waals surface area (Å²) >= 11 is 0. The molecule has 104 valence electrons. The zero-order valence-corrected chi connectivity index (χ0v) is 11.5. The van der Waals surface area contributed by atoms with Gasteiger partial charge in [-0.05, 0) is 30.5 Å². The van der Waals surface area contributed by atoms with Gasteiger partial charge < -0.3 is 9.84 Å². The normalized spacial score (nSPS) is 17.8. The van der Waals surface area contributed by atoms with Gasteiger partial charge in [-0.15, -0.1) is 0 Å². The molecule has 1 fully saturated rings. The van der Waals surface area contributed by atoms with Gasteiger partial charge in [0.25, 0.3) is 0 Å². The molecule has 1 aromatic carbocycles. The number of ether oxygens (including phenoxy) is 1. The number of carboxylic acid groups (broad SMARTS) is 1. The number of hydrogen-bond acceptors (Lipinski definition) is 3. The van der Waals surface area contributed by atoms with Gasteiger partial charge in [-0.2, -0.15) is 0 Å². The minimum atomic E-state index is -0.692. The fourth-order valence-electron chi connectivity index (χ4n) is 2.42. The Kier molecular flexibility index (Phi) is 4.43. The van der Waals surface area contributed by atoms with E-state index in [9.17, 15) is 4.79 Å². The molecule has 1 atom stereocenters. The first-order valence-corrected chi connectivity index (χ1v) is 6.77. The summed E-state index contributed by atoms with van der Waals surface area (Å²) in [5.41, 5.74) is 1.22. The molecule has 0 amide bonds. The SMILES string of the molecule is CCOc1cccc(CN2CC(C(C)C(=O)O)C2)c1. The van der Waals surface area contributed by atoms with Crippen molar-refractivity contribution in [1.29, 1.82) is 0 Å². The van der Waals surface area contributed by atoms with Crippen LogP contribution >= 0.6 is 0 Å². The fourth-order valence-corrected chi connectivity index (χ4v) is 2.42. The lowest BCUT2D eigenvalue weighted by atomic mass is 9.87. The highest BCUT2D eigenvalue weighted by Gasteiger charge is 2.34. The highest BCUT2D eigenvalue weighted by atomic mass is 16.5. The molecule has 1 unspecified atom stereocenters. The maximum atomic E-state index is 10.9. The van der Waals surface area contributed by atoms with Crippen molar-refractivity contribution in [1.82, 2.24) is 4.90 Å². The van der Waals surface area contributed by atoms with E-state index in [0.717, 1.165) is 25.4 Å². The van der Waals surface area contributed by atoms with Crippen LogP contribution in [-0.2, 0) is 11.3 Å². The predicted molar refractivity (Wildman–Crippen MR) is 73.2 cm³/mol. The minimum absolute atomic E-state index is 0.244. The van der Waals surface area contributed by atoms with Gasteiger partial charge >= 0.3 is 5.97 Å². The summed E-state index contributed by atoms with van der Waals surface area (Å²) in [4.78, 5) is 13.2. The van der Waals surface area contributed by atoms with Crippen molar-refractivity contribution in [3.63, 3.8) is 0 Å². The number of nitrogens with zero attached hydrogens (tertiary/aromatic N) is 1. The maximum absolute atomic E-state index is 10.9. The van der Waals surface area contributed by atoms with E-state index in [0.29, 0.717) is 6.61 Å². The predicted octanol–water partition coefficient (Wildman–Crippen LogP) is 2.24. The number of carbonyl (C=O) groups is 1. The number of aliphatic carboxylic acids is 1. The molecule has 1 heterocycles. The second-order valence-electron chi connectivity index (χ2n) is 5.16. The van der Waals surface area contributed by atoms with Crippen LogP contribution in [0.4, 0.5) is 0 Å². The lowest BCUT2D eigenvalue weighted by Gasteiger charge is -2.41. The Bertz CT molecular complexity index is 441. The van der Waals surface area contributed by atoms with Crippen LogP contribution in [0.15, 0.2) is 24.3 Å². The monoisotopic (exact) mass is 263 g/mol. The van der Waals surface area contributed by atoms with Gasteiger partial charge in [0.05, 0.1) is 12.5 Å². The molecule has 1 aromatic rings. The van der Waals surface area contributed by atoms with E-state index < -0.39 is 5.97 Å². The quantitative estimate of drug-likeness (QED) is 0.855. The first-order chi connectivity index (χ1) is 9.10. The average Bonchev–Trinajstić information content (AvgIpc) is 2.33. The summed E-state index contributed by atoms with van der Waals surface area (Å²) in [6.45, 7) is 7.04. The van der Waals surface area contributed by atoms with Gasteiger partial charge in [0.2, 0.25) is 0 Å². The van der Waals surface area contributed by atoms with Crippen LogP contribution in [0, 0.1) is 11.8 Å². The molecular formula is C15H21NO3. The lowest BCUT2D eigenvalue weighted by molar-refractivity contribution is -0.145. The van der Waals surface area contributed by atoms with Crippen LogP contribution in [0.1, 0.15) is 19.4 Å². The summed E-state index contributed by atoms with van der Waals surface area (Å²) in [5.74, 6) is 0.248. The summed E-state index contributed by atoms with van der Waals surface area (Å²) in [6, 6.07) is 8.09. The molecule has 4 nitrogen and oxygen atoms in total. The smallest absolute Gasteiger partial charge is 0.306 e. The molecule has 1 aliphatic rings. The average molecular weight is 263 g/mol. The van der Waals surface area contributed by atoms with Gasteiger partial charge in [0.15, 0.2) is 0 Å². The van der Waals surface area contributed by atoms with E-state index in [1.807, 2.05) is 19.1 Å². The fraction of sp³-hybridized carbons (Fsp3) is 0.533. The van der Waals surface area contributed by atoms with E-state index in [1.165, 1.54) is 5.56 Å². The third-order valence-electron chi connectivity index (χ3n) is 3.70. The topological polar surface area (TPSA) is 49.8 Å². The van der Waals surface area contributed by atoms with Crippen LogP contribution < -0.4 is 4.74 Å². The molecule has 1 N–H and O–H groups in total. The maximum Gasteiger partial charge on any atom is 0.306 e. The third kappa shape index (κ3) is 3.47. The van der Waals surface area contributed by atoms with E-state index in [-0.39, 0.29) is 11.8 Å². The number of carboxylic acids is 1. The number of hydrogen-bond donors (Lipinski definition) is 1. The van der Waals surface area contributed by atoms with Gasteiger partial charge in [-0.1, -0.05) is 19.1 Å². The van der Waals surface area contributed by atoms with Crippen LogP contribution in [0.3, 0.4) is 0 Å². The zero-order valence-electron chi connectivity index (χ0n) is 11.5. The highest BCUT2D eigenvalue weighted by molar-refractivity contribution is 5.70. The summed E-state index contributed by atoms with van der Waals surface area (Å²) < 4.78 is 5.47. The molecule has 1 saturated heterocycles. The van der Waals surface area contributed by atoms with E-state index >= 15 is 0 Å². The van der Waals surface area contributed by atoms with Crippen LogP contribution in [0.5, 0.6) is 5.75 Å². The van der Waals surface area contributed by atoms with Crippen LogP contribution in [-0.4, -0.2) is 35.7 Å². The summed E-state index contributed by atoms with van der Waals surface area (Å²) in [7, 11) is 0. The van der Waals surface area contributed by atoms with E-state index in [2.05, 4.69) is 17.0 Å². The largest absolute Gasteiger partial charge is 0.494 e. The number of likely N-dealkylation sites (tertiary alicyclic amines) is 1. The van der Waals surface area contributed by atoms with Crippen LogP contribution in [0.2, 0.25) is 0 Å². The third-order valence-corrected chi connectivity index (χ3v) is 3.70. The summed E-state index contributed by atoms with van der Waals surface area (Å²) in [6.07, 6.45) is 0. The molecule has 0 aromatic heterocycles. The minimum Gasteiger partial charge on any atom is -0.494 e. The molecule has 0 spiro atoms. The van der Waals surface area contributed by atoms with E-state index in [4.69, 9.17) is 9.84 Å². The Morgan fingerprint density at radius 1 is 1.53 bits per heavy atom. The Morgan fingerprint density at radius 3 is 2.89 bits per heavy atom. The molecule has 0 radical (unpaired) electrons. The standard InChI is InChI=1S/C15H21NO3/c1-3-19-14-6-4-5-12(7-14)8-16-9-13(10-16)11(2)15(17)18/h4-7,11,13H,3,8-10H2,1-2H3,(H,17,18). The van der Waals surface area contributed by atoms with Crippen molar-refractivity contribution in [2.24, 2.45) is 11.8 Å².